The van der Waals surface area contributed by atoms with Crippen LogP contribution in [-0.2, 0) is 0 Å². The van der Waals surface area contributed by atoms with Gasteiger partial charge in [-0.1, -0.05) is 0 Å². The molecule has 6 nitrogen and oxygen atoms in total. The maximum absolute atomic E-state index is 12.9. The fourth-order valence-corrected chi connectivity index (χ4v) is 1.76. The van der Waals surface area contributed by atoms with Crippen molar-refractivity contribution in [2.24, 2.45) is 0 Å². The van der Waals surface area contributed by atoms with Crippen LogP contribution >= 0.6 is 0 Å². The third-order valence-electron chi connectivity index (χ3n) is 2.77. The minimum absolute atomic E-state index is 0.300. The number of hydrogen-bond donors (Lipinski definition) is 1. The molecule has 0 atom stereocenters. The molecule has 0 saturated carbocycles. The molecule has 3 rings (SSSR count). The lowest BCUT2D eigenvalue weighted by molar-refractivity contribution is 0.397. The number of halogens is 1. The van der Waals surface area contributed by atoms with Crippen LogP contribution in [-0.4, -0.2) is 26.6 Å². The zero-order valence-electron chi connectivity index (χ0n) is 11.2. The van der Waals surface area contributed by atoms with Crippen LogP contribution in [0.15, 0.2) is 49.1 Å². The normalized spacial score (nSPS) is 10.4. The molecular formula is C14H12FN5O. The minimum atomic E-state index is -0.300. The topological polar surface area (TPSA) is 64.9 Å². The summed E-state index contributed by atoms with van der Waals surface area (Å²) in [6.45, 7) is 0. The molecule has 1 aromatic carbocycles. The lowest BCUT2D eigenvalue weighted by atomic mass is 10.3. The average Bonchev–Trinajstić information content (AvgIpc) is 3.04. The Morgan fingerprint density at radius 1 is 1.19 bits per heavy atom. The predicted molar refractivity (Wildman–Crippen MR) is 75.4 cm³/mol. The van der Waals surface area contributed by atoms with Gasteiger partial charge in [0.1, 0.15) is 18.0 Å². The first-order chi connectivity index (χ1) is 10.2. The number of benzene rings is 1. The van der Waals surface area contributed by atoms with Crippen LogP contribution in [0.4, 0.5) is 16.0 Å². The van der Waals surface area contributed by atoms with Gasteiger partial charge in [0.2, 0.25) is 11.8 Å². The highest BCUT2D eigenvalue weighted by Gasteiger charge is 2.07. The van der Waals surface area contributed by atoms with Crippen LogP contribution in [0.1, 0.15) is 0 Å². The Balaban J connectivity index is 1.94. The number of rotatable bonds is 4. The second-order valence-corrected chi connectivity index (χ2v) is 4.19. The second-order valence-electron chi connectivity index (χ2n) is 4.19. The summed E-state index contributed by atoms with van der Waals surface area (Å²) in [7, 11) is 1.53. The lowest BCUT2D eigenvalue weighted by Crippen LogP contribution is -2.03. The Morgan fingerprint density at radius 3 is 2.67 bits per heavy atom. The molecule has 0 unspecified atom stereocenters. The highest BCUT2D eigenvalue weighted by atomic mass is 19.1. The van der Waals surface area contributed by atoms with Gasteiger partial charge in [-0.2, -0.15) is 9.97 Å². The Bertz CT molecular complexity index is 728. The summed E-state index contributed by atoms with van der Waals surface area (Å²) in [5, 5.41) is 3.01. The van der Waals surface area contributed by atoms with E-state index in [0.717, 1.165) is 0 Å². The van der Waals surface area contributed by atoms with Crippen LogP contribution in [0.2, 0.25) is 0 Å². The van der Waals surface area contributed by atoms with Gasteiger partial charge in [-0.15, -0.1) is 0 Å². The van der Waals surface area contributed by atoms with Crippen molar-refractivity contribution in [3.8, 4) is 11.7 Å². The van der Waals surface area contributed by atoms with Gasteiger partial charge in [0, 0.05) is 24.1 Å². The maximum atomic E-state index is 12.9. The molecule has 0 spiro atoms. The molecule has 0 aliphatic rings. The van der Waals surface area contributed by atoms with Crippen LogP contribution in [0.25, 0.3) is 5.82 Å². The van der Waals surface area contributed by atoms with Crippen molar-refractivity contribution in [3.05, 3.63) is 54.9 Å². The molecule has 3 aromatic rings. The van der Waals surface area contributed by atoms with Gasteiger partial charge >= 0.3 is 0 Å². The van der Waals surface area contributed by atoms with Crippen molar-refractivity contribution in [1.82, 2.24) is 19.5 Å². The zero-order chi connectivity index (χ0) is 14.7. The predicted octanol–water partition coefficient (Wildman–Crippen LogP) is 2.55. The second kappa shape index (κ2) is 5.58. The summed E-state index contributed by atoms with van der Waals surface area (Å²) in [4.78, 5) is 12.6. The molecule has 2 aromatic heterocycles. The molecule has 106 valence electrons. The van der Waals surface area contributed by atoms with Crippen LogP contribution in [0.5, 0.6) is 5.88 Å². The molecule has 21 heavy (non-hydrogen) atoms. The first-order valence-corrected chi connectivity index (χ1v) is 6.18. The van der Waals surface area contributed by atoms with Crippen LogP contribution < -0.4 is 10.1 Å². The summed E-state index contributed by atoms with van der Waals surface area (Å²) in [6, 6.07) is 7.63. The lowest BCUT2D eigenvalue weighted by Gasteiger charge is -2.09. The largest absolute Gasteiger partial charge is 0.481 e. The number of nitrogens with one attached hydrogen (secondary N) is 1. The van der Waals surface area contributed by atoms with Gasteiger partial charge in [0.05, 0.1) is 7.11 Å². The van der Waals surface area contributed by atoms with E-state index in [0.29, 0.717) is 23.3 Å². The number of aromatic nitrogens is 4. The minimum Gasteiger partial charge on any atom is -0.481 e. The van der Waals surface area contributed by atoms with Gasteiger partial charge in [-0.25, -0.2) is 9.37 Å². The fraction of sp³-hybridized carbons (Fsp3) is 0.0714. The van der Waals surface area contributed by atoms with E-state index >= 15 is 0 Å². The monoisotopic (exact) mass is 285 g/mol. The van der Waals surface area contributed by atoms with Crippen LogP contribution in [0.3, 0.4) is 0 Å². The van der Waals surface area contributed by atoms with Crippen molar-refractivity contribution in [2.75, 3.05) is 12.4 Å². The molecule has 0 saturated heterocycles. The molecule has 0 aliphatic carbocycles. The summed E-state index contributed by atoms with van der Waals surface area (Å²) < 4.78 is 19.8. The van der Waals surface area contributed by atoms with Gasteiger partial charge in [0.25, 0.3) is 0 Å². The molecule has 0 amide bonds. The number of anilines is 2. The molecule has 7 heteroatoms. The van der Waals surface area contributed by atoms with E-state index in [1.165, 1.54) is 19.2 Å². The van der Waals surface area contributed by atoms with Crippen molar-refractivity contribution in [1.29, 1.82) is 0 Å². The molecule has 1 N–H and O–H groups in total. The van der Waals surface area contributed by atoms with Crippen molar-refractivity contribution < 1.29 is 9.13 Å². The molecule has 0 fully saturated rings. The standard InChI is InChI=1S/C14H12FN5O/c1-21-13-8-12(20-7-6-16-9-20)18-14(19-13)17-11-4-2-10(15)3-5-11/h2-9H,1H3,(H,17,18,19). The number of nitrogens with zero attached hydrogens (tertiary/aromatic N) is 4. The smallest absolute Gasteiger partial charge is 0.232 e. The first-order valence-electron chi connectivity index (χ1n) is 6.18. The molecule has 2 heterocycles. The Labute approximate surface area is 120 Å². The average molecular weight is 285 g/mol. The zero-order valence-corrected chi connectivity index (χ0v) is 11.2. The van der Waals surface area contributed by atoms with Gasteiger partial charge in [0.15, 0.2) is 0 Å². The molecule has 0 radical (unpaired) electrons. The molecule has 0 aliphatic heterocycles. The number of hydrogen-bond acceptors (Lipinski definition) is 5. The van der Waals surface area contributed by atoms with Crippen molar-refractivity contribution in [2.45, 2.75) is 0 Å². The van der Waals surface area contributed by atoms with Crippen molar-refractivity contribution in [3.63, 3.8) is 0 Å². The summed E-state index contributed by atoms with van der Waals surface area (Å²) in [5.74, 6) is 1.08. The third kappa shape index (κ3) is 2.97. The van der Waals surface area contributed by atoms with E-state index in [2.05, 4.69) is 20.3 Å². The third-order valence-corrected chi connectivity index (χ3v) is 2.77. The van der Waals surface area contributed by atoms with E-state index < -0.39 is 0 Å². The number of imidazole rings is 1. The number of methoxy groups -OCH3 is 1. The fourth-order valence-electron chi connectivity index (χ4n) is 1.76. The van der Waals surface area contributed by atoms with E-state index in [1.54, 1.807) is 41.5 Å². The van der Waals surface area contributed by atoms with E-state index in [9.17, 15) is 4.39 Å². The van der Waals surface area contributed by atoms with Gasteiger partial charge < -0.3 is 10.1 Å². The highest BCUT2D eigenvalue weighted by Crippen LogP contribution is 2.19. The molecular weight excluding hydrogens is 273 g/mol. The summed E-state index contributed by atoms with van der Waals surface area (Å²) in [5.41, 5.74) is 0.682. The van der Waals surface area contributed by atoms with E-state index in [-0.39, 0.29) is 5.82 Å². The van der Waals surface area contributed by atoms with Crippen LogP contribution in [0, 0.1) is 5.82 Å². The van der Waals surface area contributed by atoms with E-state index in [1.807, 2.05) is 0 Å². The van der Waals surface area contributed by atoms with E-state index in [4.69, 9.17) is 4.74 Å². The Morgan fingerprint density at radius 2 is 2.00 bits per heavy atom. The highest BCUT2D eigenvalue weighted by molar-refractivity contribution is 5.54. The van der Waals surface area contributed by atoms with Crippen molar-refractivity contribution >= 4 is 11.6 Å². The maximum Gasteiger partial charge on any atom is 0.232 e. The molecule has 0 bridgehead atoms. The summed E-state index contributed by atoms with van der Waals surface area (Å²) in [6.07, 6.45) is 5.05. The Hall–Kier alpha value is -2.96. The SMILES string of the molecule is COc1cc(-n2ccnc2)nc(Nc2ccc(F)cc2)n1. The first kappa shape index (κ1) is 13.0. The number of ether oxygens (including phenoxy) is 1. The summed E-state index contributed by atoms with van der Waals surface area (Å²) >= 11 is 0. The van der Waals surface area contributed by atoms with Gasteiger partial charge in [-0.05, 0) is 24.3 Å². The van der Waals surface area contributed by atoms with Gasteiger partial charge in [-0.3, -0.25) is 4.57 Å². The Kier molecular flexibility index (Phi) is 3.46. The quantitative estimate of drug-likeness (QED) is 0.798.